The van der Waals surface area contributed by atoms with Crippen LogP contribution in [0.2, 0.25) is 0 Å². The van der Waals surface area contributed by atoms with Crippen LogP contribution in [0, 0.1) is 17.8 Å². The van der Waals surface area contributed by atoms with E-state index < -0.39 is 0 Å². The van der Waals surface area contributed by atoms with Crippen molar-refractivity contribution >= 4 is 0 Å². The van der Waals surface area contributed by atoms with Crippen molar-refractivity contribution in [2.24, 2.45) is 17.8 Å². The number of hydrogen-bond donors (Lipinski definition) is 0. The molecule has 0 heteroatoms. The molecule has 0 aromatic rings. The molecule has 1 fully saturated rings. The van der Waals surface area contributed by atoms with Crippen LogP contribution in [0.15, 0.2) is 0 Å². The van der Waals surface area contributed by atoms with Crippen molar-refractivity contribution in [3.63, 3.8) is 0 Å². The lowest BCUT2D eigenvalue weighted by Crippen LogP contribution is -2.19. The van der Waals surface area contributed by atoms with Gasteiger partial charge < -0.3 is 0 Å². The average Bonchev–Trinajstić information content (AvgIpc) is 2.15. The summed E-state index contributed by atoms with van der Waals surface area (Å²) in [4.78, 5) is 0. The highest BCUT2D eigenvalue weighted by Crippen LogP contribution is 2.35. The van der Waals surface area contributed by atoms with Crippen LogP contribution < -0.4 is 0 Å². The van der Waals surface area contributed by atoms with Crippen LogP contribution in [0.1, 0.15) is 65.7 Å². The number of rotatable bonds is 4. The standard InChI is InChI=1S/C13H26/c1-4-5-7-12-8-6-9-13(10-12)11(2)3/h11-13H,4-10H2,1-3H3. The van der Waals surface area contributed by atoms with Gasteiger partial charge in [-0.1, -0.05) is 59.3 Å². The van der Waals surface area contributed by atoms with Gasteiger partial charge in [0.15, 0.2) is 0 Å². The van der Waals surface area contributed by atoms with Gasteiger partial charge in [-0.2, -0.15) is 0 Å². The maximum Gasteiger partial charge on any atom is -0.0388 e. The van der Waals surface area contributed by atoms with Crippen LogP contribution >= 0.6 is 0 Å². The Kier molecular flexibility index (Phi) is 4.83. The zero-order valence-electron chi connectivity index (χ0n) is 9.68. The van der Waals surface area contributed by atoms with Gasteiger partial charge in [-0.25, -0.2) is 0 Å². The minimum atomic E-state index is 0.921. The highest BCUT2D eigenvalue weighted by atomic mass is 14.3. The third kappa shape index (κ3) is 3.70. The Morgan fingerprint density at radius 1 is 1.23 bits per heavy atom. The van der Waals surface area contributed by atoms with Gasteiger partial charge in [-0.3, -0.25) is 0 Å². The predicted octanol–water partition coefficient (Wildman–Crippen LogP) is 4.64. The summed E-state index contributed by atoms with van der Waals surface area (Å²) in [5.74, 6) is 3.03. The second-order valence-electron chi connectivity index (χ2n) is 5.18. The Morgan fingerprint density at radius 3 is 2.62 bits per heavy atom. The van der Waals surface area contributed by atoms with Gasteiger partial charge in [-0.05, 0) is 24.2 Å². The Morgan fingerprint density at radius 2 is 2.00 bits per heavy atom. The number of hydrogen-bond acceptors (Lipinski definition) is 0. The van der Waals surface area contributed by atoms with Crippen LogP contribution in [0.3, 0.4) is 0 Å². The van der Waals surface area contributed by atoms with Gasteiger partial charge in [0.2, 0.25) is 0 Å². The predicted molar refractivity (Wildman–Crippen MR) is 59.8 cm³/mol. The van der Waals surface area contributed by atoms with E-state index in [1.54, 1.807) is 0 Å². The van der Waals surface area contributed by atoms with Crippen LogP contribution in [-0.4, -0.2) is 0 Å². The molecule has 1 rings (SSSR count). The van der Waals surface area contributed by atoms with Gasteiger partial charge in [0.05, 0.1) is 0 Å². The fraction of sp³-hybridized carbons (Fsp3) is 1.00. The monoisotopic (exact) mass is 182 g/mol. The first-order valence-electron chi connectivity index (χ1n) is 6.24. The largest absolute Gasteiger partial charge is 0.0654 e. The summed E-state index contributed by atoms with van der Waals surface area (Å²) in [7, 11) is 0. The van der Waals surface area contributed by atoms with E-state index in [4.69, 9.17) is 0 Å². The van der Waals surface area contributed by atoms with E-state index in [-0.39, 0.29) is 0 Å². The summed E-state index contributed by atoms with van der Waals surface area (Å²) in [5.41, 5.74) is 0. The summed E-state index contributed by atoms with van der Waals surface area (Å²) in [5, 5.41) is 0. The maximum absolute atomic E-state index is 2.40. The minimum Gasteiger partial charge on any atom is -0.0654 e. The van der Waals surface area contributed by atoms with Crippen LogP contribution in [0.5, 0.6) is 0 Å². The first-order chi connectivity index (χ1) is 6.24. The van der Waals surface area contributed by atoms with E-state index in [2.05, 4.69) is 20.8 Å². The minimum absolute atomic E-state index is 0.921. The molecule has 0 N–H and O–H groups in total. The second kappa shape index (κ2) is 5.67. The lowest BCUT2D eigenvalue weighted by Gasteiger charge is -2.31. The molecule has 0 aromatic heterocycles. The van der Waals surface area contributed by atoms with Crippen molar-refractivity contribution in [3.8, 4) is 0 Å². The molecule has 78 valence electrons. The van der Waals surface area contributed by atoms with Crippen molar-refractivity contribution in [2.45, 2.75) is 65.7 Å². The van der Waals surface area contributed by atoms with E-state index in [1.807, 2.05) is 0 Å². The van der Waals surface area contributed by atoms with Gasteiger partial charge in [0.1, 0.15) is 0 Å². The van der Waals surface area contributed by atoms with Crippen molar-refractivity contribution in [2.75, 3.05) is 0 Å². The third-order valence-corrected chi connectivity index (χ3v) is 3.73. The van der Waals surface area contributed by atoms with Crippen molar-refractivity contribution < 1.29 is 0 Å². The normalized spacial score (nSPS) is 29.5. The van der Waals surface area contributed by atoms with Gasteiger partial charge in [0, 0.05) is 0 Å². The Hall–Kier alpha value is 0. The Balaban J connectivity index is 2.25. The average molecular weight is 182 g/mol. The molecule has 0 bridgehead atoms. The topological polar surface area (TPSA) is 0 Å². The van der Waals surface area contributed by atoms with E-state index in [0.717, 1.165) is 17.8 Å². The lowest BCUT2D eigenvalue weighted by molar-refractivity contribution is 0.204. The molecule has 0 radical (unpaired) electrons. The number of unbranched alkanes of at least 4 members (excludes halogenated alkanes) is 1. The van der Waals surface area contributed by atoms with Gasteiger partial charge in [-0.15, -0.1) is 0 Å². The molecule has 1 saturated carbocycles. The SMILES string of the molecule is CCCCC1CCCC(C(C)C)C1. The molecule has 0 spiro atoms. The zero-order valence-corrected chi connectivity index (χ0v) is 9.68. The molecule has 0 heterocycles. The van der Waals surface area contributed by atoms with E-state index in [9.17, 15) is 0 Å². The van der Waals surface area contributed by atoms with Crippen LogP contribution in [0.25, 0.3) is 0 Å². The molecule has 0 amide bonds. The quantitative estimate of drug-likeness (QED) is 0.594. The van der Waals surface area contributed by atoms with Crippen molar-refractivity contribution in [3.05, 3.63) is 0 Å². The van der Waals surface area contributed by atoms with Crippen LogP contribution in [0.4, 0.5) is 0 Å². The molecule has 0 aliphatic heterocycles. The summed E-state index contributed by atoms with van der Waals surface area (Å²) in [6.45, 7) is 7.10. The first kappa shape index (κ1) is 11.1. The molecule has 2 unspecified atom stereocenters. The summed E-state index contributed by atoms with van der Waals surface area (Å²) >= 11 is 0. The fourth-order valence-corrected chi connectivity index (χ4v) is 2.69. The summed E-state index contributed by atoms with van der Waals surface area (Å²) in [6.07, 6.45) is 10.4. The van der Waals surface area contributed by atoms with E-state index in [0.29, 0.717) is 0 Å². The molecular weight excluding hydrogens is 156 g/mol. The molecular formula is C13H26. The van der Waals surface area contributed by atoms with Crippen LogP contribution in [-0.2, 0) is 0 Å². The molecule has 2 atom stereocenters. The molecule has 13 heavy (non-hydrogen) atoms. The Labute approximate surface area is 84.1 Å². The summed E-state index contributed by atoms with van der Waals surface area (Å²) in [6, 6.07) is 0. The first-order valence-corrected chi connectivity index (χ1v) is 6.24. The molecule has 1 aliphatic carbocycles. The Bertz CT molecular complexity index is 126. The maximum atomic E-state index is 2.40. The highest BCUT2D eigenvalue weighted by molar-refractivity contribution is 4.74. The highest BCUT2D eigenvalue weighted by Gasteiger charge is 2.23. The second-order valence-corrected chi connectivity index (χ2v) is 5.18. The smallest absolute Gasteiger partial charge is 0.0388 e. The summed E-state index contributed by atoms with van der Waals surface area (Å²) < 4.78 is 0. The van der Waals surface area contributed by atoms with Crippen molar-refractivity contribution in [1.29, 1.82) is 0 Å². The lowest BCUT2D eigenvalue weighted by atomic mass is 9.75. The molecule has 1 aliphatic rings. The fourth-order valence-electron chi connectivity index (χ4n) is 2.69. The van der Waals surface area contributed by atoms with Crippen molar-refractivity contribution in [1.82, 2.24) is 0 Å². The zero-order chi connectivity index (χ0) is 9.68. The van der Waals surface area contributed by atoms with E-state index >= 15 is 0 Å². The van der Waals surface area contributed by atoms with Gasteiger partial charge >= 0.3 is 0 Å². The van der Waals surface area contributed by atoms with E-state index in [1.165, 1.54) is 44.9 Å². The van der Waals surface area contributed by atoms with Gasteiger partial charge in [0.25, 0.3) is 0 Å². The molecule has 0 nitrogen and oxygen atoms in total. The molecule has 0 aromatic carbocycles. The third-order valence-electron chi connectivity index (χ3n) is 3.73. The molecule has 0 saturated heterocycles.